The lowest BCUT2D eigenvalue weighted by molar-refractivity contribution is -0.136. The first-order valence-electron chi connectivity index (χ1n) is 12.5. The number of hydrogen-bond donors (Lipinski definition) is 4. The van der Waals surface area contributed by atoms with Crippen LogP contribution in [-0.2, 0) is 30.4 Å². The second kappa shape index (κ2) is 13.6. The third-order valence-corrected chi connectivity index (χ3v) is 6.09. The van der Waals surface area contributed by atoms with Gasteiger partial charge in [0.25, 0.3) is 0 Å². The molecule has 0 spiro atoms. The summed E-state index contributed by atoms with van der Waals surface area (Å²) in [5.41, 5.74) is 0.863. The lowest BCUT2D eigenvalue weighted by Gasteiger charge is -2.28. The SMILES string of the molecule is CC[C@H]1CN(C(C)=O)CC(=O)N[C@H](C)C(=O)N[C@@H](CC(C)C)C(=O)N[C@@H](Cc2ccccc2)C(=O)N1. The van der Waals surface area contributed by atoms with E-state index in [9.17, 15) is 24.0 Å². The third kappa shape index (κ3) is 8.98. The minimum absolute atomic E-state index is 0.0861. The number of hydrogen-bond acceptors (Lipinski definition) is 5. The van der Waals surface area contributed by atoms with Crippen molar-refractivity contribution in [2.45, 2.75) is 78.0 Å². The molecule has 0 saturated carbocycles. The predicted octanol–water partition coefficient (Wildman–Crippen LogP) is 0.506. The fraction of sp³-hybridized carbons (Fsp3) is 0.577. The molecule has 1 heterocycles. The molecule has 1 fully saturated rings. The van der Waals surface area contributed by atoms with E-state index in [4.69, 9.17) is 0 Å². The van der Waals surface area contributed by atoms with Gasteiger partial charge in [0.05, 0.1) is 6.54 Å². The number of benzene rings is 1. The highest BCUT2D eigenvalue weighted by Crippen LogP contribution is 2.09. The van der Waals surface area contributed by atoms with E-state index < -0.39 is 47.8 Å². The molecule has 0 bridgehead atoms. The molecule has 5 amide bonds. The molecule has 36 heavy (non-hydrogen) atoms. The van der Waals surface area contributed by atoms with Gasteiger partial charge in [-0.1, -0.05) is 51.1 Å². The van der Waals surface area contributed by atoms with E-state index >= 15 is 0 Å². The largest absolute Gasteiger partial charge is 0.350 e. The molecule has 1 saturated heterocycles. The van der Waals surface area contributed by atoms with E-state index in [0.29, 0.717) is 12.8 Å². The fourth-order valence-electron chi connectivity index (χ4n) is 4.01. The molecule has 0 unspecified atom stereocenters. The minimum atomic E-state index is -0.916. The van der Waals surface area contributed by atoms with Crippen molar-refractivity contribution in [3.05, 3.63) is 35.9 Å². The van der Waals surface area contributed by atoms with Gasteiger partial charge in [-0.15, -0.1) is 0 Å². The molecule has 0 aliphatic carbocycles. The average molecular weight is 502 g/mol. The van der Waals surface area contributed by atoms with E-state index in [1.165, 1.54) is 18.7 Å². The Kier molecular flexibility index (Phi) is 10.9. The quantitative estimate of drug-likeness (QED) is 0.466. The Labute approximate surface area is 212 Å². The second-order valence-corrected chi connectivity index (χ2v) is 9.74. The number of carbonyl (C=O) groups excluding carboxylic acids is 5. The van der Waals surface area contributed by atoms with Crippen molar-refractivity contribution in [3.8, 4) is 0 Å². The maximum absolute atomic E-state index is 13.4. The van der Waals surface area contributed by atoms with Crippen molar-refractivity contribution < 1.29 is 24.0 Å². The molecule has 2 rings (SSSR count). The van der Waals surface area contributed by atoms with Crippen molar-refractivity contribution in [1.82, 2.24) is 26.2 Å². The van der Waals surface area contributed by atoms with Crippen LogP contribution in [-0.4, -0.2) is 71.7 Å². The van der Waals surface area contributed by atoms with Gasteiger partial charge in [-0.3, -0.25) is 24.0 Å². The van der Waals surface area contributed by atoms with Crippen molar-refractivity contribution >= 4 is 29.5 Å². The van der Waals surface area contributed by atoms with Crippen LogP contribution in [0.25, 0.3) is 0 Å². The van der Waals surface area contributed by atoms with E-state index in [-0.39, 0.29) is 31.3 Å². The Balaban J connectivity index is 2.42. The molecule has 0 aromatic heterocycles. The molecule has 1 aromatic carbocycles. The number of nitrogens with one attached hydrogen (secondary N) is 4. The summed E-state index contributed by atoms with van der Waals surface area (Å²) in [5, 5.41) is 11.1. The van der Waals surface area contributed by atoms with Crippen LogP contribution in [0.15, 0.2) is 30.3 Å². The Morgan fingerprint density at radius 1 is 0.944 bits per heavy atom. The first-order valence-corrected chi connectivity index (χ1v) is 12.5. The van der Waals surface area contributed by atoms with Crippen LogP contribution in [0.4, 0.5) is 0 Å². The zero-order chi connectivity index (χ0) is 26.8. The van der Waals surface area contributed by atoms with Crippen LogP contribution in [0.5, 0.6) is 0 Å². The summed E-state index contributed by atoms with van der Waals surface area (Å²) >= 11 is 0. The Morgan fingerprint density at radius 2 is 1.56 bits per heavy atom. The normalized spacial score (nSPS) is 24.7. The molecule has 4 N–H and O–H groups in total. The van der Waals surface area contributed by atoms with Gasteiger partial charge in [-0.25, -0.2) is 0 Å². The van der Waals surface area contributed by atoms with Crippen LogP contribution in [0, 0.1) is 5.92 Å². The smallest absolute Gasteiger partial charge is 0.243 e. The lowest BCUT2D eigenvalue weighted by atomic mass is 10.0. The van der Waals surface area contributed by atoms with Gasteiger partial charge in [0.15, 0.2) is 0 Å². The van der Waals surface area contributed by atoms with Crippen molar-refractivity contribution in [2.75, 3.05) is 13.1 Å². The molecule has 1 aliphatic heterocycles. The standard InChI is InChI=1S/C26H39N5O5/c1-6-20-14-31(18(5)32)15-23(33)27-17(4)24(34)29-21(12-16(2)3)26(36)30-22(25(35)28-20)13-19-10-8-7-9-11-19/h7-11,16-17,20-22H,6,12-15H2,1-5H3,(H,27,33)(H,28,35)(H,29,34)(H,30,36)/t17-,20+,21+,22+/m1/s1. The van der Waals surface area contributed by atoms with Crippen LogP contribution >= 0.6 is 0 Å². The predicted molar refractivity (Wildman–Crippen MR) is 136 cm³/mol. The highest BCUT2D eigenvalue weighted by atomic mass is 16.2. The molecule has 10 nitrogen and oxygen atoms in total. The third-order valence-electron chi connectivity index (χ3n) is 6.09. The van der Waals surface area contributed by atoms with Crippen molar-refractivity contribution in [2.24, 2.45) is 5.92 Å². The first-order chi connectivity index (χ1) is 17.0. The van der Waals surface area contributed by atoms with Gasteiger partial charge in [-0.2, -0.15) is 0 Å². The topological polar surface area (TPSA) is 137 Å². The Bertz CT molecular complexity index is 936. The Hall–Kier alpha value is -3.43. The summed E-state index contributed by atoms with van der Waals surface area (Å²) in [4.78, 5) is 65.6. The van der Waals surface area contributed by atoms with Crippen molar-refractivity contribution in [1.29, 1.82) is 0 Å². The molecular formula is C26H39N5O5. The number of carbonyl (C=O) groups is 5. The summed E-state index contributed by atoms with van der Waals surface area (Å²) in [6, 6.07) is 6.19. The molecule has 10 heteroatoms. The zero-order valence-corrected chi connectivity index (χ0v) is 21.8. The van der Waals surface area contributed by atoms with Gasteiger partial charge >= 0.3 is 0 Å². The maximum Gasteiger partial charge on any atom is 0.243 e. The summed E-state index contributed by atoms with van der Waals surface area (Å²) < 4.78 is 0. The minimum Gasteiger partial charge on any atom is -0.350 e. The van der Waals surface area contributed by atoms with Crippen LogP contribution in [0.3, 0.4) is 0 Å². The average Bonchev–Trinajstić information content (AvgIpc) is 2.81. The van der Waals surface area contributed by atoms with Gasteiger partial charge in [-0.05, 0) is 31.2 Å². The molecule has 1 aromatic rings. The van der Waals surface area contributed by atoms with Crippen LogP contribution in [0.1, 0.15) is 53.0 Å². The van der Waals surface area contributed by atoms with Crippen LogP contribution < -0.4 is 21.3 Å². The van der Waals surface area contributed by atoms with Crippen LogP contribution in [0.2, 0.25) is 0 Å². The fourth-order valence-corrected chi connectivity index (χ4v) is 4.01. The highest BCUT2D eigenvalue weighted by Gasteiger charge is 2.31. The summed E-state index contributed by atoms with van der Waals surface area (Å²) in [5.74, 6) is -2.14. The van der Waals surface area contributed by atoms with Gasteiger partial charge < -0.3 is 26.2 Å². The molecule has 4 atom stereocenters. The summed E-state index contributed by atoms with van der Waals surface area (Å²) in [6.45, 7) is 8.46. The Morgan fingerprint density at radius 3 is 2.14 bits per heavy atom. The van der Waals surface area contributed by atoms with Gasteiger partial charge in [0, 0.05) is 25.9 Å². The molecule has 1 aliphatic rings. The van der Waals surface area contributed by atoms with E-state index in [2.05, 4.69) is 21.3 Å². The lowest BCUT2D eigenvalue weighted by Crippen LogP contribution is -2.57. The molecule has 0 radical (unpaired) electrons. The van der Waals surface area contributed by atoms with E-state index in [0.717, 1.165) is 5.56 Å². The van der Waals surface area contributed by atoms with Gasteiger partial charge in [0.1, 0.15) is 18.1 Å². The number of rotatable bonds is 5. The highest BCUT2D eigenvalue weighted by molar-refractivity contribution is 5.95. The monoisotopic (exact) mass is 501 g/mol. The zero-order valence-electron chi connectivity index (χ0n) is 21.8. The number of amides is 5. The van der Waals surface area contributed by atoms with Crippen molar-refractivity contribution in [3.63, 3.8) is 0 Å². The molecular weight excluding hydrogens is 462 g/mol. The van der Waals surface area contributed by atoms with Gasteiger partial charge in [0.2, 0.25) is 29.5 Å². The summed E-state index contributed by atoms with van der Waals surface area (Å²) in [7, 11) is 0. The number of nitrogens with zero attached hydrogens (tertiary/aromatic N) is 1. The van der Waals surface area contributed by atoms with E-state index in [1.54, 1.807) is 0 Å². The summed E-state index contributed by atoms with van der Waals surface area (Å²) in [6.07, 6.45) is 1.12. The maximum atomic E-state index is 13.4. The second-order valence-electron chi connectivity index (χ2n) is 9.74. The first kappa shape index (κ1) is 28.8. The van der Waals surface area contributed by atoms with E-state index in [1.807, 2.05) is 51.1 Å². The molecule has 198 valence electrons.